The van der Waals surface area contributed by atoms with Crippen molar-refractivity contribution < 1.29 is 22.0 Å². The van der Waals surface area contributed by atoms with Gasteiger partial charge in [-0.2, -0.15) is 17.6 Å². The Bertz CT molecular complexity index is 740. The summed E-state index contributed by atoms with van der Waals surface area (Å²) in [5.74, 6) is -7.23. The second-order valence-electron chi connectivity index (χ2n) is 10.00. The van der Waals surface area contributed by atoms with Crippen molar-refractivity contribution in [3.05, 3.63) is 34.6 Å². The molecule has 4 rings (SSSR count). The molecule has 2 fully saturated rings. The van der Waals surface area contributed by atoms with Crippen molar-refractivity contribution in [2.75, 3.05) is 0 Å². The molecule has 2 saturated carbocycles. The first-order valence-electron chi connectivity index (χ1n) is 11.8. The average molecular weight is 429 g/mol. The lowest BCUT2D eigenvalue weighted by Gasteiger charge is -2.38. The molecule has 1 aromatic carbocycles. The van der Waals surface area contributed by atoms with Crippen LogP contribution in [-0.2, 0) is 12.3 Å². The Kier molecular flexibility index (Phi) is 6.20. The second-order valence-corrected chi connectivity index (χ2v) is 10.00. The number of benzene rings is 1. The van der Waals surface area contributed by atoms with Gasteiger partial charge < -0.3 is 0 Å². The minimum Gasteiger partial charge on any atom is -0.206 e. The third-order valence-corrected chi connectivity index (χ3v) is 8.17. The summed E-state index contributed by atoms with van der Waals surface area (Å²) in [6.45, 7) is 2.25. The highest BCUT2D eigenvalue weighted by molar-refractivity contribution is 5.41. The Labute approximate surface area is 176 Å². The van der Waals surface area contributed by atoms with Crippen molar-refractivity contribution in [2.24, 2.45) is 17.8 Å². The third kappa shape index (κ3) is 4.02. The van der Waals surface area contributed by atoms with Gasteiger partial charge in [0.1, 0.15) is 5.82 Å². The molecular weight excluding hydrogens is 395 g/mol. The normalized spacial score (nSPS) is 33.1. The van der Waals surface area contributed by atoms with Crippen LogP contribution in [-0.4, -0.2) is 5.92 Å². The maximum absolute atomic E-state index is 14.6. The van der Waals surface area contributed by atoms with Crippen LogP contribution in [0.4, 0.5) is 22.0 Å². The molecule has 1 aromatic rings. The van der Waals surface area contributed by atoms with Crippen molar-refractivity contribution >= 4 is 0 Å². The summed E-state index contributed by atoms with van der Waals surface area (Å²) < 4.78 is 70.2. The topological polar surface area (TPSA) is 0 Å². The Morgan fingerprint density at radius 3 is 2.07 bits per heavy atom. The van der Waals surface area contributed by atoms with Crippen LogP contribution in [0.2, 0.25) is 0 Å². The summed E-state index contributed by atoms with van der Waals surface area (Å²) in [6, 6.07) is 2.69. The summed E-state index contributed by atoms with van der Waals surface area (Å²) in [4.78, 5) is 0. The molecular formula is C25H33F5. The first kappa shape index (κ1) is 22.1. The molecule has 30 heavy (non-hydrogen) atoms. The van der Waals surface area contributed by atoms with E-state index in [1.165, 1.54) is 38.5 Å². The van der Waals surface area contributed by atoms with Crippen molar-refractivity contribution in [2.45, 2.75) is 102 Å². The van der Waals surface area contributed by atoms with Gasteiger partial charge in [0.05, 0.1) is 5.56 Å². The van der Waals surface area contributed by atoms with Crippen molar-refractivity contribution in [1.82, 2.24) is 0 Å². The largest absolute Gasteiger partial charge is 0.338 e. The van der Waals surface area contributed by atoms with E-state index in [-0.39, 0.29) is 17.9 Å². The lowest BCUT2D eigenvalue weighted by atomic mass is 9.67. The second kappa shape index (κ2) is 8.43. The van der Waals surface area contributed by atoms with Gasteiger partial charge in [-0.05, 0) is 85.8 Å². The van der Waals surface area contributed by atoms with E-state index in [9.17, 15) is 22.0 Å². The predicted molar refractivity (Wildman–Crippen MR) is 109 cm³/mol. The van der Waals surface area contributed by atoms with Gasteiger partial charge in [0.15, 0.2) is 0 Å². The first-order valence-corrected chi connectivity index (χ1v) is 11.8. The fourth-order valence-electron chi connectivity index (χ4n) is 6.38. The number of halogens is 5. The van der Waals surface area contributed by atoms with Crippen LogP contribution in [0, 0.1) is 23.6 Å². The van der Waals surface area contributed by atoms with Crippen LogP contribution in [0.5, 0.6) is 0 Å². The van der Waals surface area contributed by atoms with Crippen molar-refractivity contribution in [3.8, 4) is 0 Å². The molecule has 0 bridgehead atoms. The number of hydrogen-bond donors (Lipinski definition) is 0. The summed E-state index contributed by atoms with van der Waals surface area (Å²) in [5, 5.41) is 0. The van der Waals surface area contributed by atoms with E-state index in [2.05, 4.69) is 6.92 Å². The number of alkyl halides is 4. The van der Waals surface area contributed by atoms with Gasteiger partial charge in [0.2, 0.25) is 0 Å². The maximum atomic E-state index is 14.6. The van der Waals surface area contributed by atoms with E-state index in [0.717, 1.165) is 49.1 Å². The SMILES string of the molecule is CCCC1CCC(C2CCC(c3cc(F)c4c(c3)CCC(F)(F)C4(F)F)CC2)CC1. The minimum atomic E-state index is -4.43. The molecule has 0 heterocycles. The van der Waals surface area contributed by atoms with E-state index in [1.54, 1.807) is 6.07 Å². The molecule has 5 heteroatoms. The first-order chi connectivity index (χ1) is 14.2. The highest BCUT2D eigenvalue weighted by Gasteiger charge is 2.61. The summed E-state index contributed by atoms with van der Waals surface area (Å²) >= 11 is 0. The average Bonchev–Trinajstić information content (AvgIpc) is 2.72. The molecule has 0 unspecified atom stereocenters. The third-order valence-electron chi connectivity index (χ3n) is 8.17. The van der Waals surface area contributed by atoms with E-state index in [4.69, 9.17) is 0 Å². The van der Waals surface area contributed by atoms with Gasteiger partial charge in [-0.25, -0.2) is 4.39 Å². The molecule has 0 nitrogen and oxygen atoms in total. The zero-order valence-corrected chi connectivity index (χ0v) is 17.8. The van der Waals surface area contributed by atoms with Gasteiger partial charge in [0, 0.05) is 6.42 Å². The molecule has 168 valence electrons. The van der Waals surface area contributed by atoms with E-state index in [1.807, 2.05) is 0 Å². The maximum Gasteiger partial charge on any atom is 0.338 e. The molecule has 0 aliphatic heterocycles. The number of fused-ring (bicyclic) bond motifs is 1. The Morgan fingerprint density at radius 2 is 1.47 bits per heavy atom. The Morgan fingerprint density at radius 1 is 0.867 bits per heavy atom. The van der Waals surface area contributed by atoms with Crippen LogP contribution in [0.3, 0.4) is 0 Å². The van der Waals surface area contributed by atoms with Crippen LogP contribution in [0.25, 0.3) is 0 Å². The molecule has 3 aliphatic carbocycles. The summed E-state index contributed by atoms with van der Waals surface area (Å²) in [6.07, 6.45) is 10.9. The van der Waals surface area contributed by atoms with Gasteiger partial charge in [0.25, 0.3) is 0 Å². The molecule has 0 N–H and O–H groups in total. The standard InChI is InChI=1S/C25H33F5/c1-2-3-16-4-6-17(7-5-16)18-8-10-19(11-9-18)21-14-20-12-13-24(27,28)25(29,30)23(20)22(26)15-21/h14-19H,2-13H2,1H3. The highest BCUT2D eigenvalue weighted by Crippen LogP contribution is 2.52. The number of rotatable bonds is 4. The quantitative estimate of drug-likeness (QED) is 0.423. The van der Waals surface area contributed by atoms with Crippen LogP contribution < -0.4 is 0 Å². The van der Waals surface area contributed by atoms with Crippen LogP contribution in [0.1, 0.15) is 100 Å². The van der Waals surface area contributed by atoms with Crippen LogP contribution in [0.15, 0.2) is 12.1 Å². The lowest BCUT2D eigenvalue weighted by molar-refractivity contribution is -0.226. The van der Waals surface area contributed by atoms with Crippen LogP contribution >= 0.6 is 0 Å². The van der Waals surface area contributed by atoms with E-state index in [0.29, 0.717) is 5.92 Å². The molecule has 0 radical (unpaired) electrons. The molecule has 0 aromatic heterocycles. The fraction of sp³-hybridized carbons (Fsp3) is 0.760. The van der Waals surface area contributed by atoms with Crippen molar-refractivity contribution in [1.29, 1.82) is 0 Å². The van der Waals surface area contributed by atoms with Gasteiger partial charge in [-0.3, -0.25) is 0 Å². The number of hydrogen-bond acceptors (Lipinski definition) is 0. The zero-order valence-electron chi connectivity index (χ0n) is 17.8. The Balaban J connectivity index is 1.41. The summed E-state index contributed by atoms with van der Waals surface area (Å²) in [5.41, 5.74) is -0.297. The molecule has 0 spiro atoms. The molecule has 3 aliphatic rings. The molecule has 0 amide bonds. The highest BCUT2D eigenvalue weighted by atomic mass is 19.3. The zero-order chi connectivity index (χ0) is 21.5. The number of aryl methyl sites for hydroxylation is 1. The van der Waals surface area contributed by atoms with E-state index < -0.39 is 29.6 Å². The minimum absolute atomic E-state index is 0.0669. The molecule has 0 saturated heterocycles. The monoisotopic (exact) mass is 428 g/mol. The van der Waals surface area contributed by atoms with Gasteiger partial charge in [-0.15, -0.1) is 0 Å². The summed E-state index contributed by atoms with van der Waals surface area (Å²) in [7, 11) is 0. The smallest absolute Gasteiger partial charge is 0.206 e. The lowest BCUT2D eigenvalue weighted by Crippen LogP contribution is -2.43. The van der Waals surface area contributed by atoms with Gasteiger partial charge in [-0.1, -0.05) is 38.7 Å². The Hall–Kier alpha value is -1.13. The van der Waals surface area contributed by atoms with E-state index >= 15 is 0 Å². The van der Waals surface area contributed by atoms with Gasteiger partial charge >= 0.3 is 11.8 Å². The fourth-order valence-corrected chi connectivity index (χ4v) is 6.38. The molecule has 0 atom stereocenters. The van der Waals surface area contributed by atoms with Crippen molar-refractivity contribution in [3.63, 3.8) is 0 Å². The predicted octanol–water partition coefficient (Wildman–Crippen LogP) is 8.38.